The average Bonchev–Trinajstić information content (AvgIpc) is 3.54. The molecule has 3 heterocycles. The van der Waals surface area contributed by atoms with Gasteiger partial charge >= 0.3 is 0 Å². The highest BCUT2D eigenvalue weighted by Gasteiger charge is 2.40. The summed E-state index contributed by atoms with van der Waals surface area (Å²) in [5.41, 5.74) is 8.83. The van der Waals surface area contributed by atoms with Crippen molar-refractivity contribution in [2.75, 3.05) is 20.6 Å². The van der Waals surface area contributed by atoms with E-state index in [1.807, 2.05) is 18.2 Å². The Morgan fingerprint density at radius 3 is 2.68 bits per heavy atom. The van der Waals surface area contributed by atoms with E-state index >= 15 is 0 Å². The molecule has 4 aromatic rings. The van der Waals surface area contributed by atoms with Crippen molar-refractivity contribution in [3.8, 4) is 0 Å². The van der Waals surface area contributed by atoms with E-state index in [0.29, 0.717) is 31.5 Å². The number of amides is 2. The number of likely N-dealkylation sites (N-methyl/N-ethyl adjacent to an activating group) is 1. The normalized spacial score (nSPS) is 16.5. The summed E-state index contributed by atoms with van der Waals surface area (Å²) in [5, 5.41) is 0. The largest absolute Gasteiger partial charge is 0.347 e. The Balaban J connectivity index is 1.26. The monoisotopic (exact) mass is 527 g/mol. The van der Waals surface area contributed by atoms with E-state index in [-0.39, 0.29) is 17.6 Å². The summed E-state index contributed by atoms with van der Waals surface area (Å²) in [5.74, 6) is -0.680. The maximum atomic E-state index is 14.0. The van der Waals surface area contributed by atoms with Crippen LogP contribution in [0, 0.1) is 5.82 Å². The summed E-state index contributed by atoms with van der Waals surface area (Å²) in [6.07, 6.45) is 5.75. The van der Waals surface area contributed by atoms with Gasteiger partial charge in [0.25, 0.3) is 5.91 Å². The van der Waals surface area contributed by atoms with Gasteiger partial charge in [-0.05, 0) is 71.4 Å². The van der Waals surface area contributed by atoms with E-state index in [1.54, 1.807) is 49.0 Å². The number of hydrogen-bond donors (Lipinski definition) is 0. The molecule has 0 unspecified atom stereocenters. The molecule has 0 N–H and O–H groups in total. The van der Waals surface area contributed by atoms with Crippen molar-refractivity contribution < 1.29 is 14.0 Å². The van der Waals surface area contributed by atoms with Crippen molar-refractivity contribution in [1.82, 2.24) is 24.8 Å². The van der Waals surface area contributed by atoms with Crippen LogP contribution in [0.2, 0.25) is 0 Å². The highest BCUT2D eigenvalue weighted by molar-refractivity contribution is 7.09. The molecule has 2 amide bonds. The Hall–Kier alpha value is -3.98. The summed E-state index contributed by atoms with van der Waals surface area (Å²) in [6.45, 7) is 0.328. The first kappa shape index (κ1) is 24.4. The summed E-state index contributed by atoms with van der Waals surface area (Å²) in [4.78, 5) is 44.4. The van der Waals surface area contributed by atoms with Crippen molar-refractivity contribution in [2.45, 2.75) is 31.7 Å². The first-order valence-electron chi connectivity index (χ1n) is 12.5. The van der Waals surface area contributed by atoms with Gasteiger partial charge in [0.15, 0.2) is 0 Å². The van der Waals surface area contributed by atoms with E-state index in [2.05, 4.69) is 15.0 Å². The molecular weight excluding hydrogens is 501 g/mol. The van der Waals surface area contributed by atoms with Crippen LogP contribution in [0.4, 0.5) is 4.39 Å². The van der Waals surface area contributed by atoms with Gasteiger partial charge in [-0.3, -0.25) is 19.6 Å². The third-order valence-corrected chi connectivity index (χ3v) is 8.26. The molecule has 0 bridgehead atoms. The molecule has 9 heteroatoms. The Morgan fingerprint density at radius 1 is 1.05 bits per heavy atom. The van der Waals surface area contributed by atoms with Gasteiger partial charge < -0.3 is 9.80 Å². The zero-order valence-electron chi connectivity index (χ0n) is 21.1. The Morgan fingerprint density at radius 2 is 1.87 bits per heavy atom. The first-order chi connectivity index (χ1) is 18.4. The number of benzene rings is 2. The van der Waals surface area contributed by atoms with Crippen LogP contribution in [0.5, 0.6) is 0 Å². The number of carbonyl (C=O) groups excluding carboxylic acids is 2. The number of rotatable bonds is 5. The average molecular weight is 528 g/mol. The van der Waals surface area contributed by atoms with Gasteiger partial charge in [-0.15, -0.1) is 11.3 Å². The molecule has 192 valence electrons. The molecule has 6 rings (SSSR count). The Bertz CT molecular complexity index is 1610. The Kier molecular flexibility index (Phi) is 6.23. The van der Waals surface area contributed by atoms with Gasteiger partial charge in [-0.2, -0.15) is 0 Å². The molecule has 1 atom stereocenters. The highest BCUT2D eigenvalue weighted by atomic mass is 32.1. The standard InChI is InChI=1S/C29H26FN5O2S/c1-34(2)28(36)25-14-22-19(12-18-5-6-20(30)13-21(18)22)15-35(25)29(37)27-26(38-16-33-27)8-4-17-3-7-23-24(11-17)32-10-9-31-23/h3,5-7,9-11,13,16,25H,4,8,12,14-15H2,1-2H3/t25-/m1/s1. The second-order valence-electron chi connectivity index (χ2n) is 9.95. The lowest BCUT2D eigenvalue weighted by Gasteiger charge is -2.37. The lowest BCUT2D eigenvalue weighted by molar-refractivity contribution is -0.133. The van der Waals surface area contributed by atoms with Gasteiger partial charge in [0, 0.05) is 44.3 Å². The maximum absolute atomic E-state index is 14.0. The first-order valence-corrected chi connectivity index (χ1v) is 13.4. The van der Waals surface area contributed by atoms with Crippen molar-refractivity contribution >= 4 is 39.8 Å². The number of halogens is 1. The summed E-state index contributed by atoms with van der Waals surface area (Å²) < 4.78 is 14.0. The van der Waals surface area contributed by atoms with Crippen LogP contribution in [0.3, 0.4) is 0 Å². The summed E-state index contributed by atoms with van der Waals surface area (Å²) >= 11 is 1.46. The number of thiazole rings is 1. The van der Waals surface area contributed by atoms with E-state index in [0.717, 1.165) is 50.2 Å². The van der Waals surface area contributed by atoms with Crippen LogP contribution in [-0.2, 0) is 24.1 Å². The Labute approximate surface area is 223 Å². The maximum Gasteiger partial charge on any atom is 0.274 e. The molecule has 2 aromatic heterocycles. The third kappa shape index (κ3) is 4.36. The number of nitrogens with zero attached hydrogens (tertiary/aromatic N) is 5. The minimum Gasteiger partial charge on any atom is -0.347 e. The molecule has 0 saturated carbocycles. The molecule has 38 heavy (non-hydrogen) atoms. The molecule has 1 aliphatic heterocycles. The third-order valence-electron chi connectivity index (χ3n) is 7.37. The van der Waals surface area contributed by atoms with Crippen LogP contribution in [0.15, 0.2) is 59.9 Å². The van der Waals surface area contributed by atoms with E-state index < -0.39 is 6.04 Å². The lowest BCUT2D eigenvalue weighted by Crippen LogP contribution is -2.52. The van der Waals surface area contributed by atoms with Crippen LogP contribution in [0.25, 0.3) is 16.6 Å². The van der Waals surface area contributed by atoms with Crippen LogP contribution in [0.1, 0.15) is 38.5 Å². The second-order valence-corrected chi connectivity index (χ2v) is 10.9. The predicted molar refractivity (Wildman–Crippen MR) is 144 cm³/mol. The molecule has 0 saturated heterocycles. The SMILES string of the molecule is CN(C)C(=O)[C@H]1CC2=C(Cc3ccc(F)cc32)CN1C(=O)c1ncsc1CCc1ccc2nccnc2c1. The van der Waals surface area contributed by atoms with Crippen LogP contribution >= 0.6 is 11.3 Å². The van der Waals surface area contributed by atoms with Gasteiger partial charge in [0.2, 0.25) is 5.91 Å². The molecule has 0 fully saturated rings. The van der Waals surface area contributed by atoms with Crippen molar-refractivity contribution in [2.24, 2.45) is 0 Å². The van der Waals surface area contributed by atoms with Gasteiger partial charge in [0.05, 0.1) is 16.5 Å². The topological polar surface area (TPSA) is 79.3 Å². The molecule has 0 spiro atoms. The van der Waals surface area contributed by atoms with E-state index in [9.17, 15) is 14.0 Å². The molecule has 0 radical (unpaired) electrons. The van der Waals surface area contributed by atoms with Gasteiger partial charge in [-0.1, -0.05) is 12.1 Å². The molecule has 2 aliphatic rings. The van der Waals surface area contributed by atoms with Crippen LogP contribution < -0.4 is 0 Å². The zero-order valence-corrected chi connectivity index (χ0v) is 22.0. The second kappa shape index (κ2) is 9.72. The quantitative estimate of drug-likeness (QED) is 0.386. The fourth-order valence-electron chi connectivity index (χ4n) is 5.45. The smallest absolute Gasteiger partial charge is 0.274 e. The van der Waals surface area contributed by atoms with E-state index in [4.69, 9.17) is 0 Å². The summed E-state index contributed by atoms with van der Waals surface area (Å²) in [7, 11) is 3.39. The zero-order chi connectivity index (χ0) is 26.4. The van der Waals surface area contributed by atoms with Crippen molar-refractivity contribution in [3.05, 3.63) is 93.0 Å². The fourth-order valence-corrected chi connectivity index (χ4v) is 6.21. The number of aromatic nitrogens is 3. The predicted octanol–water partition coefficient (Wildman–Crippen LogP) is 4.32. The van der Waals surface area contributed by atoms with Gasteiger partial charge in [-0.25, -0.2) is 9.37 Å². The van der Waals surface area contributed by atoms with Crippen molar-refractivity contribution in [1.29, 1.82) is 0 Å². The van der Waals surface area contributed by atoms with Crippen molar-refractivity contribution in [3.63, 3.8) is 0 Å². The molecule has 1 aliphatic carbocycles. The minimum absolute atomic E-state index is 0.149. The summed E-state index contributed by atoms with van der Waals surface area (Å²) in [6, 6.07) is 10.2. The number of hydrogen-bond acceptors (Lipinski definition) is 6. The minimum atomic E-state index is -0.668. The molecule has 2 aromatic carbocycles. The van der Waals surface area contributed by atoms with E-state index in [1.165, 1.54) is 22.3 Å². The fraction of sp³-hybridized carbons (Fsp3) is 0.276. The number of fused-ring (bicyclic) bond motifs is 3. The molecule has 7 nitrogen and oxygen atoms in total. The van der Waals surface area contributed by atoms with Crippen LogP contribution in [-0.4, -0.2) is 63.2 Å². The number of aryl methyl sites for hydroxylation is 2. The highest BCUT2D eigenvalue weighted by Crippen LogP contribution is 2.41. The van der Waals surface area contributed by atoms with Gasteiger partial charge in [0.1, 0.15) is 17.6 Å². The molecular formula is C29H26FN5O2S. The number of carbonyl (C=O) groups is 2. The lowest BCUT2D eigenvalue weighted by atomic mass is 9.92.